The molecule has 2 N–H and O–H groups in total. The first kappa shape index (κ1) is 14.1. The summed E-state index contributed by atoms with van der Waals surface area (Å²) in [5.74, 6) is 0.419. The Hall–Kier alpha value is -2.33. The number of methoxy groups -OCH3 is 1. The lowest BCUT2D eigenvalue weighted by atomic mass is 10.1. The van der Waals surface area contributed by atoms with Crippen molar-refractivity contribution < 1.29 is 14.6 Å². The van der Waals surface area contributed by atoms with Crippen LogP contribution in [0.1, 0.15) is 28.9 Å². The Bertz CT molecular complexity index is 608. The predicted octanol–water partition coefficient (Wildman–Crippen LogP) is 3.00. The molecule has 4 heteroatoms. The summed E-state index contributed by atoms with van der Waals surface area (Å²) in [5, 5.41) is 12.3. The van der Waals surface area contributed by atoms with Gasteiger partial charge < -0.3 is 15.2 Å². The van der Waals surface area contributed by atoms with Gasteiger partial charge in [0.05, 0.1) is 13.2 Å². The number of nitrogens with one attached hydrogen (secondary N) is 1. The van der Waals surface area contributed by atoms with Gasteiger partial charge in [0.15, 0.2) is 0 Å². The average molecular weight is 271 g/mol. The molecule has 2 aromatic rings. The second-order valence-electron chi connectivity index (χ2n) is 4.49. The van der Waals surface area contributed by atoms with Crippen molar-refractivity contribution in [1.82, 2.24) is 0 Å². The van der Waals surface area contributed by atoms with E-state index in [0.717, 1.165) is 5.56 Å². The molecule has 0 aliphatic heterocycles. The van der Waals surface area contributed by atoms with E-state index in [9.17, 15) is 9.90 Å². The summed E-state index contributed by atoms with van der Waals surface area (Å²) in [6.07, 6.45) is -0.566. The molecule has 104 valence electrons. The Labute approximate surface area is 118 Å². The predicted molar refractivity (Wildman–Crippen MR) is 78.0 cm³/mol. The molecule has 0 fully saturated rings. The van der Waals surface area contributed by atoms with Gasteiger partial charge in [0.1, 0.15) is 5.75 Å². The van der Waals surface area contributed by atoms with E-state index in [-0.39, 0.29) is 5.91 Å². The molecule has 0 saturated heterocycles. The number of hydrogen-bond donors (Lipinski definition) is 2. The van der Waals surface area contributed by atoms with Crippen LogP contribution in [0, 0.1) is 0 Å². The van der Waals surface area contributed by atoms with Crippen molar-refractivity contribution in [2.45, 2.75) is 13.0 Å². The molecule has 0 spiro atoms. The first-order valence-electron chi connectivity index (χ1n) is 6.33. The van der Waals surface area contributed by atoms with Crippen LogP contribution in [0.15, 0.2) is 48.5 Å². The van der Waals surface area contributed by atoms with E-state index in [1.165, 1.54) is 0 Å². The van der Waals surface area contributed by atoms with Gasteiger partial charge in [0.2, 0.25) is 0 Å². The molecule has 1 atom stereocenters. The number of aliphatic hydroxyl groups is 1. The maximum atomic E-state index is 12.1. The van der Waals surface area contributed by atoms with Crippen LogP contribution in [-0.4, -0.2) is 18.1 Å². The normalized spacial score (nSPS) is 11.8. The van der Waals surface area contributed by atoms with Crippen LogP contribution in [0.2, 0.25) is 0 Å². The lowest BCUT2D eigenvalue weighted by molar-refractivity contribution is 0.102. The van der Waals surface area contributed by atoms with Gasteiger partial charge in [-0.1, -0.05) is 18.2 Å². The lowest BCUT2D eigenvalue weighted by Crippen LogP contribution is -2.12. The third-order valence-corrected chi connectivity index (χ3v) is 2.96. The molecule has 0 bridgehead atoms. The second-order valence-corrected chi connectivity index (χ2v) is 4.49. The largest absolute Gasteiger partial charge is 0.497 e. The fourth-order valence-corrected chi connectivity index (χ4v) is 1.84. The molecule has 0 aliphatic carbocycles. The van der Waals surface area contributed by atoms with Crippen LogP contribution in [-0.2, 0) is 0 Å². The lowest BCUT2D eigenvalue weighted by Gasteiger charge is -2.09. The molecule has 0 aromatic heterocycles. The van der Waals surface area contributed by atoms with Crippen molar-refractivity contribution in [1.29, 1.82) is 0 Å². The molecular formula is C16H17NO3. The number of ether oxygens (including phenoxy) is 1. The molecule has 0 heterocycles. The molecule has 4 nitrogen and oxygen atoms in total. The summed E-state index contributed by atoms with van der Waals surface area (Å²) in [6.45, 7) is 1.68. The van der Waals surface area contributed by atoms with E-state index in [2.05, 4.69) is 5.32 Å². The second kappa shape index (κ2) is 6.21. The van der Waals surface area contributed by atoms with Gasteiger partial charge in [-0.3, -0.25) is 4.79 Å². The Kier molecular flexibility index (Phi) is 4.38. The van der Waals surface area contributed by atoms with Crippen molar-refractivity contribution in [2.75, 3.05) is 12.4 Å². The summed E-state index contributed by atoms with van der Waals surface area (Å²) >= 11 is 0. The van der Waals surface area contributed by atoms with Gasteiger partial charge in [0, 0.05) is 11.3 Å². The standard InChI is InChI=1S/C16H17NO3/c1-11(18)12-5-3-7-14(9-12)17-16(19)13-6-4-8-15(10-13)20-2/h3-11,18H,1-2H3,(H,17,19)/t11-/m1/s1. The number of carbonyl (C=O) groups is 1. The third-order valence-electron chi connectivity index (χ3n) is 2.96. The van der Waals surface area contributed by atoms with Gasteiger partial charge >= 0.3 is 0 Å². The Morgan fingerprint density at radius 2 is 1.95 bits per heavy atom. The first-order valence-corrected chi connectivity index (χ1v) is 6.33. The number of carbonyl (C=O) groups excluding carboxylic acids is 1. The average Bonchev–Trinajstić information content (AvgIpc) is 2.47. The molecule has 2 aromatic carbocycles. The highest BCUT2D eigenvalue weighted by molar-refractivity contribution is 6.04. The van der Waals surface area contributed by atoms with Crippen molar-refractivity contribution in [3.63, 3.8) is 0 Å². The monoisotopic (exact) mass is 271 g/mol. The molecule has 1 amide bonds. The van der Waals surface area contributed by atoms with Crippen molar-refractivity contribution >= 4 is 11.6 Å². The van der Waals surface area contributed by atoms with E-state index in [4.69, 9.17) is 4.74 Å². The molecule has 0 unspecified atom stereocenters. The van der Waals surface area contributed by atoms with Crippen molar-refractivity contribution in [3.8, 4) is 5.75 Å². The van der Waals surface area contributed by atoms with E-state index in [1.54, 1.807) is 56.5 Å². The van der Waals surface area contributed by atoms with Gasteiger partial charge in [-0.25, -0.2) is 0 Å². The summed E-state index contributed by atoms with van der Waals surface area (Å²) in [7, 11) is 1.56. The minimum absolute atomic E-state index is 0.216. The third kappa shape index (κ3) is 3.36. The van der Waals surface area contributed by atoms with Crippen LogP contribution in [0.5, 0.6) is 5.75 Å². The minimum atomic E-state index is -0.566. The smallest absolute Gasteiger partial charge is 0.255 e. The zero-order valence-corrected chi connectivity index (χ0v) is 11.5. The summed E-state index contributed by atoms with van der Waals surface area (Å²) < 4.78 is 5.09. The van der Waals surface area contributed by atoms with Gasteiger partial charge in [0.25, 0.3) is 5.91 Å². The quantitative estimate of drug-likeness (QED) is 0.898. The molecule has 0 aliphatic rings. The van der Waals surface area contributed by atoms with Crippen LogP contribution in [0.4, 0.5) is 5.69 Å². The maximum Gasteiger partial charge on any atom is 0.255 e. The highest BCUT2D eigenvalue weighted by Crippen LogP contribution is 2.18. The SMILES string of the molecule is COc1cccc(C(=O)Nc2cccc([C@@H](C)O)c2)c1. The summed E-state index contributed by atoms with van der Waals surface area (Å²) in [6, 6.07) is 14.1. The van der Waals surface area contributed by atoms with Crippen LogP contribution in [0.25, 0.3) is 0 Å². The summed E-state index contributed by atoms with van der Waals surface area (Å²) in [5.41, 5.74) is 1.93. The zero-order valence-electron chi connectivity index (χ0n) is 11.5. The maximum absolute atomic E-state index is 12.1. The highest BCUT2D eigenvalue weighted by Gasteiger charge is 2.08. The van der Waals surface area contributed by atoms with Crippen molar-refractivity contribution in [2.24, 2.45) is 0 Å². The van der Waals surface area contributed by atoms with E-state index in [1.807, 2.05) is 6.07 Å². The number of aliphatic hydroxyl groups excluding tert-OH is 1. The minimum Gasteiger partial charge on any atom is -0.497 e. The van der Waals surface area contributed by atoms with Crippen molar-refractivity contribution in [3.05, 3.63) is 59.7 Å². The fourth-order valence-electron chi connectivity index (χ4n) is 1.84. The number of hydrogen-bond acceptors (Lipinski definition) is 3. The van der Waals surface area contributed by atoms with E-state index >= 15 is 0 Å². The van der Waals surface area contributed by atoms with Crippen LogP contribution in [0.3, 0.4) is 0 Å². The van der Waals surface area contributed by atoms with Gasteiger partial charge in [-0.2, -0.15) is 0 Å². The molecule has 2 rings (SSSR count). The van der Waals surface area contributed by atoms with Gasteiger partial charge in [-0.05, 0) is 42.8 Å². The van der Waals surface area contributed by atoms with Crippen LogP contribution >= 0.6 is 0 Å². The molecule has 0 saturated carbocycles. The topological polar surface area (TPSA) is 58.6 Å². The Balaban J connectivity index is 2.16. The van der Waals surface area contributed by atoms with Crippen LogP contribution < -0.4 is 10.1 Å². The van der Waals surface area contributed by atoms with E-state index in [0.29, 0.717) is 17.0 Å². The number of benzene rings is 2. The zero-order chi connectivity index (χ0) is 14.5. The summed E-state index contributed by atoms with van der Waals surface area (Å²) in [4.78, 5) is 12.1. The Morgan fingerprint density at radius 1 is 1.20 bits per heavy atom. The first-order chi connectivity index (χ1) is 9.60. The van der Waals surface area contributed by atoms with E-state index < -0.39 is 6.10 Å². The Morgan fingerprint density at radius 3 is 2.65 bits per heavy atom. The molecule has 0 radical (unpaired) electrons. The number of amides is 1. The number of rotatable bonds is 4. The molecule has 20 heavy (non-hydrogen) atoms. The number of anilines is 1. The molecular weight excluding hydrogens is 254 g/mol. The fraction of sp³-hybridized carbons (Fsp3) is 0.188. The highest BCUT2D eigenvalue weighted by atomic mass is 16.5. The van der Waals surface area contributed by atoms with Gasteiger partial charge in [-0.15, -0.1) is 0 Å².